The Kier molecular flexibility index (Phi) is 6.70. The van der Waals surface area contributed by atoms with Gasteiger partial charge in [-0.25, -0.2) is 19.3 Å². The van der Waals surface area contributed by atoms with Gasteiger partial charge in [0.05, 0.1) is 17.3 Å². The van der Waals surface area contributed by atoms with Gasteiger partial charge in [-0.05, 0) is 50.4 Å². The number of anilines is 2. The Morgan fingerprint density at radius 1 is 1.18 bits per heavy atom. The van der Waals surface area contributed by atoms with Crippen LogP contribution >= 0.6 is 11.6 Å². The lowest BCUT2D eigenvalue weighted by Crippen LogP contribution is -2.25. The van der Waals surface area contributed by atoms with Crippen molar-refractivity contribution in [3.8, 4) is 11.6 Å². The highest BCUT2D eigenvalue weighted by Gasteiger charge is 2.20. The van der Waals surface area contributed by atoms with Crippen LogP contribution in [-0.4, -0.2) is 53.5 Å². The first kappa shape index (κ1) is 22.1. The van der Waals surface area contributed by atoms with Gasteiger partial charge in [-0.2, -0.15) is 0 Å². The minimum absolute atomic E-state index is 0.00515. The average Bonchev–Trinajstić information content (AvgIpc) is 3.35. The van der Waals surface area contributed by atoms with Crippen LogP contribution in [0.4, 0.5) is 15.9 Å². The fourth-order valence-corrected chi connectivity index (χ4v) is 4.19. The summed E-state index contributed by atoms with van der Waals surface area (Å²) in [6.45, 7) is 2.76. The van der Waals surface area contributed by atoms with Gasteiger partial charge in [0.15, 0.2) is 11.6 Å². The van der Waals surface area contributed by atoms with Crippen molar-refractivity contribution in [2.24, 2.45) is 0 Å². The summed E-state index contributed by atoms with van der Waals surface area (Å²) in [7, 11) is 0. The van der Waals surface area contributed by atoms with E-state index in [0.717, 1.165) is 45.4 Å². The Hall–Kier alpha value is -2.75. The van der Waals surface area contributed by atoms with Crippen LogP contribution in [0.5, 0.6) is 11.6 Å². The Balaban J connectivity index is 1.34. The molecule has 1 aromatic carbocycles. The average molecular weight is 474 g/mol. The zero-order chi connectivity index (χ0) is 22.6. The van der Waals surface area contributed by atoms with E-state index >= 15 is 4.39 Å². The van der Waals surface area contributed by atoms with E-state index in [0.29, 0.717) is 29.3 Å². The quantitative estimate of drug-likeness (QED) is 0.526. The van der Waals surface area contributed by atoms with Crippen molar-refractivity contribution in [1.29, 1.82) is 0 Å². The number of benzene rings is 1. The molecule has 0 aliphatic carbocycles. The van der Waals surface area contributed by atoms with E-state index in [1.807, 2.05) is 0 Å². The third-order valence-corrected chi connectivity index (χ3v) is 6.11. The molecule has 4 heterocycles. The van der Waals surface area contributed by atoms with Gasteiger partial charge in [-0.3, -0.25) is 0 Å². The Labute approximate surface area is 195 Å². The zero-order valence-corrected chi connectivity index (χ0v) is 18.8. The Morgan fingerprint density at radius 2 is 2.12 bits per heavy atom. The van der Waals surface area contributed by atoms with Crippen LogP contribution in [0.25, 0.3) is 11.0 Å². The molecule has 2 N–H and O–H groups in total. The smallest absolute Gasteiger partial charge is 0.214 e. The van der Waals surface area contributed by atoms with Crippen LogP contribution in [0.15, 0.2) is 30.6 Å². The summed E-state index contributed by atoms with van der Waals surface area (Å²) in [6, 6.07) is 6.78. The van der Waals surface area contributed by atoms with E-state index in [9.17, 15) is 0 Å². The first-order chi connectivity index (χ1) is 16.2. The molecule has 10 heteroatoms. The molecule has 2 aromatic heterocycles. The number of nitrogens with one attached hydrogen (secondary N) is 2. The molecule has 0 unspecified atom stereocenters. The van der Waals surface area contributed by atoms with Crippen LogP contribution in [0, 0.1) is 5.82 Å². The molecule has 5 rings (SSSR count). The molecule has 0 amide bonds. The van der Waals surface area contributed by atoms with Crippen LogP contribution < -0.4 is 20.1 Å². The van der Waals surface area contributed by atoms with Crippen LogP contribution in [-0.2, 0) is 4.74 Å². The third kappa shape index (κ3) is 5.10. The van der Waals surface area contributed by atoms with Crippen LogP contribution in [0.3, 0.4) is 0 Å². The minimum Gasteiger partial charge on any atom is -0.489 e. The molecule has 2 atom stereocenters. The monoisotopic (exact) mass is 473 g/mol. The number of fused-ring (bicyclic) bond motifs is 1. The van der Waals surface area contributed by atoms with Crippen LogP contribution in [0.1, 0.15) is 25.7 Å². The number of halogens is 2. The van der Waals surface area contributed by atoms with E-state index in [4.69, 9.17) is 25.8 Å². The second kappa shape index (κ2) is 10.0. The first-order valence-electron chi connectivity index (χ1n) is 11.2. The summed E-state index contributed by atoms with van der Waals surface area (Å²) in [5, 5.41) is 6.15. The summed E-state index contributed by atoms with van der Waals surface area (Å²) >= 11 is 6.27. The van der Waals surface area contributed by atoms with Gasteiger partial charge < -0.3 is 24.8 Å². The molecular formula is C23H25ClFN5O3. The lowest BCUT2D eigenvalue weighted by atomic mass is 10.1. The van der Waals surface area contributed by atoms with E-state index in [-0.39, 0.29) is 28.7 Å². The van der Waals surface area contributed by atoms with Crippen molar-refractivity contribution < 1.29 is 18.6 Å². The molecule has 2 aliphatic heterocycles. The predicted octanol–water partition coefficient (Wildman–Crippen LogP) is 4.25. The Bertz CT molecular complexity index is 1120. The molecular weight excluding hydrogens is 449 g/mol. The zero-order valence-electron chi connectivity index (χ0n) is 18.0. The lowest BCUT2D eigenvalue weighted by molar-refractivity contribution is -0.0110. The third-order valence-electron chi connectivity index (χ3n) is 5.76. The Morgan fingerprint density at radius 3 is 2.94 bits per heavy atom. The van der Waals surface area contributed by atoms with Crippen molar-refractivity contribution in [2.75, 3.05) is 31.6 Å². The van der Waals surface area contributed by atoms with E-state index < -0.39 is 5.82 Å². The molecule has 8 nitrogen and oxygen atoms in total. The largest absolute Gasteiger partial charge is 0.489 e. The highest BCUT2D eigenvalue weighted by Crippen LogP contribution is 2.34. The van der Waals surface area contributed by atoms with Gasteiger partial charge in [-0.1, -0.05) is 11.6 Å². The maximum absolute atomic E-state index is 15.1. The van der Waals surface area contributed by atoms with Gasteiger partial charge in [0.2, 0.25) is 5.88 Å². The van der Waals surface area contributed by atoms with Crippen molar-refractivity contribution in [2.45, 2.75) is 37.9 Å². The van der Waals surface area contributed by atoms with E-state index in [1.165, 1.54) is 6.33 Å². The number of rotatable bonds is 7. The number of ether oxygens (including phenoxy) is 3. The number of hydrogen-bond donors (Lipinski definition) is 2. The van der Waals surface area contributed by atoms with Gasteiger partial charge >= 0.3 is 0 Å². The lowest BCUT2D eigenvalue weighted by Gasteiger charge is -2.23. The maximum atomic E-state index is 15.1. The molecule has 0 bridgehead atoms. The number of hydrogen-bond acceptors (Lipinski definition) is 8. The van der Waals surface area contributed by atoms with Crippen LogP contribution in [0.2, 0.25) is 5.02 Å². The van der Waals surface area contributed by atoms with Gasteiger partial charge in [0.1, 0.15) is 35.3 Å². The summed E-state index contributed by atoms with van der Waals surface area (Å²) in [4.78, 5) is 13.1. The molecule has 0 saturated carbocycles. The summed E-state index contributed by atoms with van der Waals surface area (Å²) in [6.07, 6.45) is 5.48. The van der Waals surface area contributed by atoms with Gasteiger partial charge in [0, 0.05) is 19.2 Å². The number of aromatic nitrogens is 3. The molecule has 0 radical (unpaired) electrons. The summed E-state index contributed by atoms with van der Waals surface area (Å²) < 4.78 is 32.4. The summed E-state index contributed by atoms with van der Waals surface area (Å²) in [5.41, 5.74) is 1.25. The SMILES string of the molecule is Fc1c(Nc2ncnc3ccc(O[C@H]4CCNC4)nc23)ccc(OC[C@@H]2CCCCO2)c1Cl. The molecule has 2 fully saturated rings. The van der Waals surface area contributed by atoms with Crippen molar-refractivity contribution in [1.82, 2.24) is 20.3 Å². The molecule has 3 aromatic rings. The fraction of sp³-hybridized carbons (Fsp3) is 0.435. The molecule has 0 spiro atoms. The van der Waals surface area contributed by atoms with Gasteiger partial charge in [0.25, 0.3) is 0 Å². The van der Waals surface area contributed by atoms with Crippen molar-refractivity contribution in [3.05, 3.63) is 41.4 Å². The first-order valence-corrected chi connectivity index (χ1v) is 11.5. The highest BCUT2D eigenvalue weighted by molar-refractivity contribution is 6.32. The number of pyridine rings is 1. The predicted molar refractivity (Wildman–Crippen MR) is 123 cm³/mol. The second-order valence-electron chi connectivity index (χ2n) is 8.14. The molecule has 2 saturated heterocycles. The fourth-order valence-electron chi connectivity index (χ4n) is 3.97. The normalized spacial score (nSPS) is 20.7. The standard InChI is InChI=1S/C23H25ClFN5O3/c24-20-18(32-12-15-3-1-2-10-31-15)6-4-16(21(20)25)29-23-22-17(27-13-28-23)5-7-19(30-22)33-14-8-9-26-11-14/h4-7,13-15,26H,1-3,8-12H2,(H,27,28,29)/t14-,15-/m0/s1. The van der Waals surface area contributed by atoms with Crippen molar-refractivity contribution in [3.63, 3.8) is 0 Å². The van der Waals surface area contributed by atoms with E-state index in [2.05, 4.69) is 25.6 Å². The molecule has 174 valence electrons. The van der Waals surface area contributed by atoms with Crippen molar-refractivity contribution >= 4 is 34.1 Å². The maximum Gasteiger partial charge on any atom is 0.214 e. The van der Waals surface area contributed by atoms with E-state index in [1.54, 1.807) is 24.3 Å². The summed E-state index contributed by atoms with van der Waals surface area (Å²) in [5.74, 6) is 0.478. The minimum atomic E-state index is -0.630. The highest BCUT2D eigenvalue weighted by atomic mass is 35.5. The number of nitrogens with zero attached hydrogens (tertiary/aromatic N) is 3. The topological polar surface area (TPSA) is 90.4 Å². The molecule has 33 heavy (non-hydrogen) atoms. The second-order valence-corrected chi connectivity index (χ2v) is 8.51. The molecule has 2 aliphatic rings. The van der Waals surface area contributed by atoms with Gasteiger partial charge in [-0.15, -0.1) is 0 Å².